The number of anilines is 1. The normalized spacial score (nSPS) is 26.8. The monoisotopic (exact) mass is 308 g/mol. The van der Waals surface area contributed by atoms with Gasteiger partial charge in [-0.25, -0.2) is 0 Å². The van der Waals surface area contributed by atoms with Gasteiger partial charge in [-0.15, -0.1) is 11.8 Å². The van der Waals surface area contributed by atoms with E-state index in [1.54, 1.807) is 11.8 Å². The molecule has 2 rings (SSSR count). The van der Waals surface area contributed by atoms with Crippen LogP contribution in [0.4, 0.5) is 5.69 Å². The molecular formula is C17H28N2OS. The Kier molecular flexibility index (Phi) is 6.40. The smallest absolute Gasteiger partial charge is 0.0439 e. The van der Waals surface area contributed by atoms with E-state index < -0.39 is 0 Å². The number of thioether (sulfide) groups is 1. The summed E-state index contributed by atoms with van der Waals surface area (Å²) in [5.74, 6) is 1.65. The Hall–Kier alpha value is -0.710. The molecule has 1 aliphatic heterocycles. The van der Waals surface area contributed by atoms with Crippen molar-refractivity contribution >= 4 is 17.4 Å². The third kappa shape index (κ3) is 4.90. The summed E-state index contributed by atoms with van der Waals surface area (Å²) >= 11 is 1.81. The molecular weight excluding hydrogens is 280 g/mol. The summed E-state index contributed by atoms with van der Waals surface area (Å²) < 4.78 is 0. The fourth-order valence-electron chi connectivity index (χ4n) is 2.86. The van der Waals surface area contributed by atoms with Crippen molar-refractivity contribution in [1.29, 1.82) is 0 Å². The fourth-order valence-corrected chi connectivity index (χ4v) is 3.70. The van der Waals surface area contributed by atoms with Crippen molar-refractivity contribution in [3.8, 4) is 0 Å². The van der Waals surface area contributed by atoms with E-state index in [1.807, 2.05) is 0 Å². The van der Waals surface area contributed by atoms with Crippen molar-refractivity contribution in [2.45, 2.75) is 43.7 Å². The molecule has 0 aromatic heterocycles. The topological polar surface area (TPSA) is 35.5 Å². The Morgan fingerprint density at radius 2 is 2.00 bits per heavy atom. The van der Waals surface area contributed by atoms with E-state index in [0.29, 0.717) is 18.0 Å². The van der Waals surface area contributed by atoms with Crippen LogP contribution in [0.15, 0.2) is 29.2 Å². The summed E-state index contributed by atoms with van der Waals surface area (Å²) in [5, 5.41) is 12.5. The average molecular weight is 308 g/mol. The molecule has 0 bridgehead atoms. The van der Waals surface area contributed by atoms with Gasteiger partial charge in [0.25, 0.3) is 0 Å². The average Bonchev–Trinajstić information content (AvgIpc) is 2.47. The summed E-state index contributed by atoms with van der Waals surface area (Å²) in [4.78, 5) is 3.72. The van der Waals surface area contributed by atoms with Crippen molar-refractivity contribution in [2.24, 2.45) is 5.92 Å². The first-order chi connectivity index (χ1) is 10.1. The van der Waals surface area contributed by atoms with E-state index in [4.69, 9.17) is 5.11 Å². The van der Waals surface area contributed by atoms with Crippen LogP contribution in [0.2, 0.25) is 0 Å². The molecule has 1 saturated heterocycles. The minimum atomic E-state index is 0.277. The van der Waals surface area contributed by atoms with Crippen LogP contribution in [0.3, 0.4) is 0 Å². The van der Waals surface area contributed by atoms with Crippen molar-refractivity contribution in [3.05, 3.63) is 24.3 Å². The predicted molar refractivity (Wildman–Crippen MR) is 92.2 cm³/mol. The third-order valence-corrected chi connectivity index (χ3v) is 5.49. The lowest BCUT2D eigenvalue weighted by Gasteiger charge is -2.40. The van der Waals surface area contributed by atoms with Crippen LogP contribution in [0.1, 0.15) is 26.7 Å². The molecule has 0 radical (unpaired) electrons. The van der Waals surface area contributed by atoms with Crippen LogP contribution in [0.25, 0.3) is 0 Å². The van der Waals surface area contributed by atoms with Gasteiger partial charge in [0.05, 0.1) is 0 Å². The van der Waals surface area contributed by atoms with Crippen molar-refractivity contribution in [3.63, 3.8) is 0 Å². The van der Waals surface area contributed by atoms with Gasteiger partial charge in [-0.05, 0) is 57.0 Å². The highest BCUT2D eigenvalue weighted by atomic mass is 32.2. The SMILES string of the molecule is CC1CN(C)C(C)CC1Nc1ccc(SCCCO)cc1. The summed E-state index contributed by atoms with van der Waals surface area (Å²) in [6, 6.07) is 9.91. The number of nitrogens with zero attached hydrogens (tertiary/aromatic N) is 1. The Balaban J connectivity index is 1.88. The second-order valence-electron chi connectivity index (χ2n) is 6.20. The highest BCUT2D eigenvalue weighted by molar-refractivity contribution is 7.99. The second kappa shape index (κ2) is 8.06. The van der Waals surface area contributed by atoms with Gasteiger partial charge in [-0.1, -0.05) is 6.92 Å². The lowest BCUT2D eigenvalue weighted by atomic mass is 9.89. The van der Waals surface area contributed by atoms with Gasteiger partial charge in [0.1, 0.15) is 0 Å². The number of hydrogen-bond donors (Lipinski definition) is 2. The second-order valence-corrected chi connectivity index (χ2v) is 7.37. The van der Waals surface area contributed by atoms with Gasteiger partial charge < -0.3 is 15.3 Å². The number of aliphatic hydroxyl groups is 1. The minimum Gasteiger partial charge on any atom is -0.396 e. The molecule has 4 heteroatoms. The van der Waals surface area contributed by atoms with Crippen LogP contribution in [0.5, 0.6) is 0 Å². The van der Waals surface area contributed by atoms with Crippen LogP contribution in [-0.2, 0) is 0 Å². The van der Waals surface area contributed by atoms with Crippen LogP contribution in [0, 0.1) is 5.92 Å². The Morgan fingerprint density at radius 1 is 1.29 bits per heavy atom. The van der Waals surface area contributed by atoms with E-state index in [1.165, 1.54) is 17.0 Å². The number of rotatable bonds is 6. The maximum absolute atomic E-state index is 8.81. The first-order valence-corrected chi connectivity index (χ1v) is 8.89. The van der Waals surface area contributed by atoms with Crippen molar-refractivity contribution < 1.29 is 5.11 Å². The Bertz CT molecular complexity index is 423. The summed E-state index contributed by atoms with van der Waals surface area (Å²) in [6.45, 7) is 6.08. The van der Waals surface area contributed by atoms with Crippen LogP contribution >= 0.6 is 11.8 Å². The van der Waals surface area contributed by atoms with E-state index in [9.17, 15) is 0 Å². The zero-order chi connectivity index (χ0) is 15.2. The highest BCUT2D eigenvalue weighted by Gasteiger charge is 2.28. The molecule has 1 aliphatic rings. The zero-order valence-corrected chi connectivity index (χ0v) is 14.2. The number of likely N-dealkylation sites (tertiary alicyclic amines) is 1. The molecule has 1 fully saturated rings. The maximum atomic E-state index is 8.81. The first-order valence-electron chi connectivity index (χ1n) is 7.90. The summed E-state index contributed by atoms with van der Waals surface area (Å²) in [7, 11) is 2.22. The van der Waals surface area contributed by atoms with Crippen molar-refractivity contribution in [2.75, 3.05) is 31.3 Å². The van der Waals surface area contributed by atoms with Crippen LogP contribution in [-0.4, -0.2) is 48.0 Å². The van der Waals surface area contributed by atoms with Gasteiger partial charge in [0, 0.05) is 41.6 Å². The number of hydrogen-bond acceptors (Lipinski definition) is 4. The predicted octanol–water partition coefficient (Wildman–Crippen LogP) is 3.30. The molecule has 1 heterocycles. The van der Waals surface area contributed by atoms with Gasteiger partial charge in [-0.3, -0.25) is 0 Å². The number of aliphatic hydroxyl groups excluding tert-OH is 1. The first kappa shape index (κ1) is 16.7. The highest BCUT2D eigenvalue weighted by Crippen LogP contribution is 2.26. The molecule has 2 N–H and O–H groups in total. The quantitative estimate of drug-likeness (QED) is 0.624. The molecule has 3 unspecified atom stereocenters. The molecule has 0 amide bonds. The van der Waals surface area contributed by atoms with Gasteiger partial charge >= 0.3 is 0 Å². The van der Waals surface area contributed by atoms with E-state index in [2.05, 4.69) is 55.4 Å². The molecule has 0 aliphatic carbocycles. The van der Waals surface area contributed by atoms with E-state index >= 15 is 0 Å². The van der Waals surface area contributed by atoms with E-state index in [-0.39, 0.29) is 6.61 Å². The molecule has 0 saturated carbocycles. The summed E-state index contributed by atoms with van der Waals surface area (Å²) in [6.07, 6.45) is 2.06. The molecule has 1 aromatic carbocycles. The molecule has 3 nitrogen and oxygen atoms in total. The largest absolute Gasteiger partial charge is 0.396 e. The minimum absolute atomic E-state index is 0.277. The lowest BCUT2D eigenvalue weighted by molar-refractivity contribution is 0.145. The van der Waals surface area contributed by atoms with E-state index in [0.717, 1.165) is 18.7 Å². The number of nitrogens with one attached hydrogen (secondary N) is 1. The summed E-state index contributed by atoms with van der Waals surface area (Å²) in [5.41, 5.74) is 1.22. The molecule has 1 aromatic rings. The van der Waals surface area contributed by atoms with Gasteiger partial charge in [0.2, 0.25) is 0 Å². The van der Waals surface area contributed by atoms with Gasteiger partial charge in [0.15, 0.2) is 0 Å². The standard InChI is InChI=1S/C17H28N2OS/c1-13-12-19(3)14(2)11-17(13)18-15-5-7-16(8-6-15)21-10-4-9-20/h5-8,13-14,17-18,20H,4,9-12H2,1-3H3. The maximum Gasteiger partial charge on any atom is 0.0439 e. The fraction of sp³-hybridized carbons (Fsp3) is 0.647. The molecule has 3 atom stereocenters. The zero-order valence-electron chi connectivity index (χ0n) is 13.4. The molecule has 21 heavy (non-hydrogen) atoms. The van der Waals surface area contributed by atoms with Gasteiger partial charge in [-0.2, -0.15) is 0 Å². The lowest BCUT2D eigenvalue weighted by Crippen LogP contribution is -2.48. The number of benzene rings is 1. The number of piperidine rings is 1. The Morgan fingerprint density at radius 3 is 2.67 bits per heavy atom. The van der Waals surface area contributed by atoms with Crippen molar-refractivity contribution in [1.82, 2.24) is 4.90 Å². The Labute approximate surface area is 133 Å². The molecule has 118 valence electrons. The molecule has 0 spiro atoms. The third-order valence-electron chi connectivity index (χ3n) is 4.39. The van der Waals surface area contributed by atoms with Crippen LogP contribution < -0.4 is 5.32 Å².